The van der Waals surface area contributed by atoms with Crippen LogP contribution < -0.4 is 10.6 Å². The van der Waals surface area contributed by atoms with Crippen molar-refractivity contribution in [3.63, 3.8) is 0 Å². The minimum absolute atomic E-state index is 0.0903. The van der Waals surface area contributed by atoms with Crippen molar-refractivity contribution in [3.05, 3.63) is 29.3 Å². The van der Waals surface area contributed by atoms with Crippen molar-refractivity contribution < 1.29 is 9.90 Å². The Morgan fingerprint density at radius 1 is 1.38 bits per heavy atom. The van der Waals surface area contributed by atoms with Crippen LogP contribution in [0.15, 0.2) is 18.2 Å². The lowest BCUT2D eigenvalue weighted by Crippen LogP contribution is -2.55. The lowest BCUT2D eigenvalue weighted by molar-refractivity contribution is -0.124. The standard InChI is InChI=1S/C21H33N3O2/c1-14(2)20(13-24-8-4-5-15(3)12-24)23-21(26)19-10-16-6-7-18(25)9-17(16)11-22-19/h6-7,9,14-15,19-20,22,25H,4-5,8,10-13H2,1-3H3,(H,23,26)/t15?,19-,20-/m1/s1. The van der Waals surface area contributed by atoms with Gasteiger partial charge in [0.1, 0.15) is 5.75 Å². The number of rotatable bonds is 5. The van der Waals surface area contributed by atoms with Crippen molar-refractivity contribution in [2.45, 2.75) is 58.7 Å². The molecule has 1 aromatic rings. The van der Waals surface area contributed by atoms with Gasteiger partial charge in [0, 0.05) is 25.7 Å². The highest BCUT2D eigenvalue weighted by atomic mass is 16.3. The van der Waals surface area contributed by atoms with Crippen molar-refractivity contribution in [2.75, 3.05) is 19.6 Å². The van der Waals surface area contributed by atoms with Gasteiger partial charge >= 0.3 is 0 Å². The van der Waals surface area contributed by atoms with Crippen LogP contribution in [0.1, 0.15) is 44.7 Å². The molecule has 3 rings (SSSR count). The number of benzene rings is 1. The van der Waals surface area contributed by atoms with E-state index in [-0.39, 0.29) is 23.7 Å². The number of hydrogen-bond donors (Lipinski definition) is 3. The van der Waals surface area contributed by atoms with E-state index in [1.54, 1.807) is 12.1 Å². The van der Waals surface area contributed by atoms with E-state index in [2.05, 4.69) is 36.3 Å². The first-order chi connectivity index (χ1) is 12.4. The number of likely N-dealkylation sites (tertiary alicyclic amines) is 1. The molecule has 1 aromatic carbocycles. The van der Waals surface area contributed by atoms with E-state index in [0.29, 0.717) is 18.9 Å². The van der Waals surface area contributed by atoms with E-state index in [0.717, 1.165) is 36.7 Å². The largest absolute Gasteiger partial charge is 0.508 e. The van der Waals surface area contributed by atoms with Crippen LogP contribution in [0.2, 0.25) is 0 Å². The molecule has 0 radical (unpaired) electrons. The fourth-order valence-electron chi connectivity index (χ4n) is 4.12. The van der Waals surface area contributed by atoms with Crippen LogP contribution in [0.4, 0.5) is 0 Å². The smallest absolute Gasteiger partial charge is 0.237 e. The summed E-state index contributed by atoms with van der Waals surface area (Å²) < 4.78 is 0. The van der Waals surface area contributed by atoms with Gasteiger partial charge < -0.3 is 20.6 Å². The van der Waals surface area contributed by atoms with E-state index in [4.69, 9.17) is 0 Å². The third kappa shape index (κ3) is 4.77. The maximum atomic E-state index is 12.9. The maximum Gasteiger partial charge on any atom is 0.237 e. The zero-order chi connectivity index (χ0) is 18.7. The molecule has 0 spiro atoms. The van der Waals surface area contributed by atoms with Crippen LogP contribution in [0.3, 0.4) is 0 Å². The predicted molar refractivity (Wildman–Crippen MR) is 104 cm³/mol. The van der Waals surface area contributed by atoms with Gasteiger partial charge in [0.15, 0.2) is 0 Å². The van der Waals surface area contributed by atoms with E-state index in [1.165, 1.54) is 12.8 Å². The third-order valence-corrected chi connectivity index (χ3v) is 5.80. The molecule has 0 aliphatic carbocycles. The van der Waals surface area contributed by atoms with E-state index in [1.807, 2.05) is 6.07 Å². The topological polar surface area (TPSA) is 64.6 Å². The van der Waals surface area contributed by atoms with Gasteiger partial charge in [-0.05, 0) is 60.9 Å². The molecular weight excluding hydrogens is 326 g/mol. The average Bonchev–Trinajstić information content (AvgIpc) is 2.60. The molecule has 5 nitrogen and oxygen atoms in total. The molecule has 3 atom stereocenters. The van der Waals surface area contributed by atoms with Crippen LogP contribution in [0.5, 0.6) is 5.75 Å². The Morgan fingerprint density at radius 2 is 2.19 bits per heavy atom. The molecule has 2 aliphatic rings. The van der Waals surface area contributed by atoms with Gasteiger partial charge in [-0.15, -0.1) is 0 Å². The van der Waals surface area contributed by atoms with Crippen molar-refractivity contribution in [3.8, 4) is 5.75 Å². The first-order valence-corrected chi connectivity index (χ1v) is 9.99. The Hall–Kier alpha value is -1.59. The Labute approximate surface area is 157 Å². The van der Waals surface area contributed by atoms with Crippen LogP contribution >= 0.6 is 0 Å². The molecule has 1 fully saturated rings. The molecule has 0 saturated carbocycles. The summed E-state index contributed by atoms with van der Waals surface area (Å²) in [7, 11) is 0. The molecular formula is C21H33N3O2. The summed E-state index contributed by atoms with van der Waals surface area (Å²) >= 11 is 0. The van der Waals surface area contributed by atoms with Gasteiger partial charge in [0.25, 0.3) is 0 Å². The van der Waals surface area contributed by atoms with Gasteiger partial charge in [-0.3, -0.25) is 4.79 Å². The van der Waals surface area contributed by atoms with E-state index >= 15 is 0 Å². The average molecular weight is 360 g/mol. The highest BCUT2D eigenvalue weighted by Crippen LogP contribution is 2.22. The molecule has 1 amide bonds. The maximum absolute atomic E-state index is 12.9. The molecule has 3 N–H and O–H groups in total. The summed E-state index contributed by atoms with van der Waals surface area (Å²) in [6, 6.07) is 5.39. The lowest BCUT2D eigenvalue weighted by atomic mass is 9.94. The van der Waals surface area contributed by atoms with Crippen molar-refractivity contribution in [1.29, 1.82) is 0 Å². The molecule has 0 bridgehead atoms. The highest BCUT2D eigenvalue weighted by molar-refractivity contribution is 5.82. The summed E-state index contributed by atoms with van der Waals surface area (Å²) in [4.78, 5) is 15.4. The summed E-state index contributed by atoms with van der Waals surface area (Å²) in [5, 5.41) is 16.2. The summed E-state index contributed by atoms with van der Waals surface area (Å²) in [6.07, 6.45) is 3.25. The number of hydrogen-bond acceptors (Lipinski definition) is 4. The molecule has 1 unspecified atom stereocenters. The molecule has 2 heterocycles. The van der Waals surface area contributed by atoms with Crippen LogP contribution in [-0.2, 0) is 17.8 Å². The van der Waals surface area contributed by atoms with Crippen molar-refractivity contribution in [2.24, 2.45) is 11.8 Å². The number of aromatic hydroxyl groups is 1. The molecule has 144 valence electrons. The number of nitrogens with one attached hydrogen (secondary N) is 2. The normalized spacial score (nSPS) is 24.9. The first kappa shape index (κ1) is 19.2. The first-order valence-electron chi connectivity index (χ1n) is 9.99. The fourth-order valence-corrected chi connectivity index (χ4v) is 4.12. The van der Waals surface area contributed by atoms with Crippen molar-refractivity contribution in [1.82, 2.24) is 15.5 Å². The van der Waals surface area contributed by atoms with Gasteiger partial charge in [0.05, 0.1) is 6.04 Å². The molecule has 0 aromatic heterocycles. The number of piperidine rings is 1. The number of phenolic OH excluding ortho intramolecular Hbond substituents is 1. The second kappa shape index (κ2) is 8.40. The molecule has 26 heavy (non-hydrogen) atoms. The zero-order valence-electron chi connectivity index (χ0n) is 16.3. The minimum atomic E-state index is -0.200. The fraction of sp³-hybridized carbons (Fsp3) is 0.667. The van der Waals surface area contributed by atoms with Gasteiger partial charge in [-0.25, -0.2) is 0 Å². The summed E-state index contributed by atoms with van der Waals surface area (Å²) in [5.41, 5.74) is 2.23. The third-order valence-electron chi connectivity index (χ3n) is 5.80. The number of carbonyl (C=O) groups excluding carboxylic acids is 1. The van der Waals surface area contributed by atoms with Crippen LogP contribution in [-0.4, -0.2) is 47.6 Å². The minimum Gasteiger partial charge on any atom is -0.508 e. The number of amides is 1. The Balaban J connectivity index is 1.58. The second-order valence-electron chi connectivity index (χ2n) is 8.46. The SMILES string of the molecule is CC1CCCN(C[C@@H](NC(=O)[C@H]2Cc3ccc(O)cc3CN2)C(C)C)C1. The Morgan fingerprint density at radius 3 is 2.92 bits per heavy atom. The van der Waals surface area contributed by atoms with Gasteiger partial charge in [0.2, 0.25) is 5.91 Å². The van der Waals surface area contributed by atoms with E-state index in [9.17, 15) is 9.90 Å². The summed E-state index contributed by atoms with van der Waals surface area (Å²) in [5.74, 6) is 1.53. The monoisotopic (exact) mass is 359 g/mol. The van der Waals surface area contributed by atoms with Gasteiger partial charge in [-0.2, -0.15) is 0 Å². The van der Waals surface area contributed by atoms with E-state index < -0.39 is 0 Å². The second-order valence-corrected chi connectivity index (χ2v) is 8.46. The Kier molecular flexibility index (Phi) is 6.20. The number of nitrogens with zero attached hydrogens (tertiary/aromatic N) is 1. The number of carbonyl (C=O) groups is 1. The molecule has 5 heteroatoms. The highest BCUT2D eigenvalue weighted by Gasteiger charge is 2.28. The summed E-state index contributed by atoms with van der Waals surface area (Å²) in [6.45, 7) is 10.5. The zero-order valence-corrected chi connectivity index (χ0v) is 16.3. The Bertz CT molecular complexity index is 632. The van der Waals surface area contributed by atoms with Crippen LogP contribution in [0, 0.1) is 11.8 Å². The quantitative estimate of drug-likeness (QED) is 0.755. The number of fused-ring (bicyclic) bond motifs is 1. The molecule has 1 saturated heterocycles. The predicted octanol–water partition coefficient (Wildman–Crippen LogP) is 2.28. The van der Waals surface area contributed by atoms with Gasteiger partial charge in [-0.1, -0.05) is 26.8 Å². The molecule has 2 aliphatic heterocycles. The lowest BCUT2D eigenvalue weighted by Gasteiger charge is -2.36. The number of phenols is 1. The van der Waals surface area contributed by atoms with Crippen molar-refractivity contribution >= 4 is 5.91 Å². The van der Waals surface area contributed by atoms with Crippen LogP contribution in [0.25, 0.3) is 0 Å².